The van der Waals surface area contributed by atoms with Crippen molar-refractivity contribution in [1.82, 2.24) is 0 Å². The third-order valence-corrected chi connectivity index (χ3v) is 6.90. The topological polar surface area (TPSA) is 0 Å². The van der Waals surface area contributed by atoms with E-state index in [1.807, 2.05) is 0 Å². The molecule has 2 aliphatic carbocycles. The fourth-order valence-corrected chi connectivity index (χ4v) is 6.02. The largest absolute Gasteiger partial charge is 0.455 e. The van der Waals surface area contributed by atoms with Gasteiger partial charge in [0, 0.05) is 11.2 Å². The summed E-state index contributed by atoms with van der Waals surface area (Å²) in [7, 11) is 0. The van der Waals surface area contributed by atoms with E-state index in [-0.39, 0.29) is 6.42 Å². The zero-order valence-electron chi connectivity index (χ0n) is 10.9. The molecule has 1 saturated heterocycles. The molecule has 0 N–H and O–H groups in total. The van der Waals surface area contributed by atoms with E-state index in [9.17, 15) is 43.9 Å². The van der Waals surface area contributed by atoms with Crippen molar-refractivity contribution in [2.75, 3.05) is 0 Å². The molecule has 2 bridgehead atoms. The molecule has 3 rings (SSSR count). The molecule has 0 aromatic carbocycles. The summed E-state index contributed by atoms with van der Waals surface area (Å²) in [4.78, 5) is 0. The van der Waals surface area contributed by atoms with Crippen LogP contribution in [0.4, 0.5) is 43.9 Å². The molecule has 0 amide bonds. The highest BCUT2D eigenvalue weighted by Gasteiger charge is 2.92. The maximum atomic E-state index is 13.9. The number of thioether (sulfide) groups is 1. The first-order chi connectivity index (χ1) is 10.2. The number of hydrogen-bond donors (Lipinski definition) is 0. The smallest absolute Gasteiger partial charge is 0.194 e. The highest BCUT2D eigenvalue weighted by molar-refractivity contribution is 8.03. The van der Waals surface area contributed by atoms with Crippen molar-refractivity contribution in [3.63, 3.8) is 0 Å². The van der Waals surface area contributed by atoms with Crippen LogP contribution in [-0.2, 0) is 0 Å². The van der Waals surface area contributed by atoms with Gasteiger partial charge in [-0.25, -0.2) is 0 Å². The minimum atomic E-state index is -6.51. The number of hydrogen-bond acceptors (Lipinski definition) is 1. The van der Waals surface area contributed by atoms with Crippen LogP contribution in [0.2, 0.25) is 0 Å². The van der Waals surface area contributed by atoms with Crippen LogP contribution in [0.5, 0.6) is 0 Å². The third kappa shape index (κ3) is 1.77. The number of fused-ring (bicyclic) bond motifs is 5. The number of halogens is 10. The van der Waals surface area contributed by atoms with Crippen LogP contribution in [0.3, 0.4) is 0 Å². The molecule has 23 heavy (non-hydrogen) atoms. The van der Waals surface area contributed by atoms with Gasteiger partial charge in [-0.3, -0.25) is 0 Å². The Balaban J connectivity index is 2.16. The lowest BCUT2D eigenvalue weighted by atomic mass is 9.71. The van der Waals surface area contributed by atoms with Crippen LogP contribution in [0.25, 0.3) is 0 Å². The molecule has 1 saturated carbocycles. The molecule has 2 fully saturated rings. The summed E-state index contributed by atoms with van der Waals surface area (Å²) in [5, 5.41) is -1.08. The third-order valence-electron chi connectivity index (χ3n) is 4.82. The lowest BCUT2D eigenvalue weighted by Gasteiger charge is -2.60. The number of alkyl halides is 10. The molecule has 0 spiro atoms. The van der Waals surface area contributed by atoms with Crippen LogP contribution in [-0.4, -0.2) is 34.2 Å². The summed E-state index contributed by atoms with van der Waals surface area (Å²) < 4.78 is 127. The molecule has 0 aromatic rings. The van der Waals surface area contributed by atoms with Crippen LogP contribution in [0.1, 0.15) is 6.42 Å². The van der Waals surface area contributed by atoms with Crippen molar-refractivity contribution in [3.05, 3.63) is 12.2 Å². The number of rotatable bonds is 2. The average molecular weight is 374 g/mol. The average Bonchev–Trinajstić information content (AvgIpc) is 2.81. The first-order valence-corrected chi connectivity index (χ1v) is 7.31. The van der Waals surface area contributed by atoms with Crippen LogP contribution >= 0.6 is 11.8 Å². The van der Waals surface area contributed by atoms with E-state index < -0.39 is 63.7 Å². The van der Waals surface area contributed by atoms with Gasteiger partial charge in [0.2, 0.25) is 0 Å². The molecule has 2 unspecified atom stereocenters. The maximum Gasteiger partial charge on any atom is 0.455 e. The second-order valence-corrected chi connectivity index (χ2v) is 7.36. The molecule has 1 aliphatic heterocycles. The summed E-state index contributed by atoms with van der Waals surface area (Å²) in [6.07, 6.45) is -10.4. The van der Waals surface area contributed by atoms with Crippen molar-refractivity contribution in [3.8, 4) is 0 Å². The van der Waals surface area contributed by atoms with E-state index >= 15 is 0 Å². The Morgan fingerprint density at radius 1 is 0.739 bits per heavy atom. The van der Waals surface area contributed by atoms with Crippen molar-refractivity contribution in [2.45, 2.75) is 40.6 Å². The first-order valence-electron chi connectivity index (χ1n) is 6.43. The van der Waals surface area contributed by atoms with Gasteiger partial charge in [0.05, 0.1) is 0 Å². The zero-order valence-corrected chi connectivity index (χ0v) is 11.7. The van der Waals surface area contributed by atoms with Gasteiger partial charge < -0.3 is 0 Å². The summed E-state index contributed by atoms with van der Waals surface area (Å²) in [5.74, 6) is -16.1. The molecule has 4 atom stereocenters. The molecular weight excluding hydrogens is 366 g/mol. The summed E-state index contributed by atoms with van der Waals surface area (Å²) in [5.41, 5.74) is 0. The molecular formula is C12H8F10S. The van der Waals surface area contributed by atoms with E-state index in [2.05, 4.69) is 0 Å². The van der Waals surface area contributed by atoms with Crippen molar-refractivity contribution < 1.29 is 43.9 Å². The van der Waals surface area contributed by atoms with E-state index in [0.29, 0.717) is 0 Å². The van der Waals surface area contributed by atoms with Gasteiger partial charge in [0.25, 0.3) is 0 Å². The Bertz CT molecular complexity index is 519. The van der Waals surface area contributed by atoms with Crippen molar-refractivity contribution >= 4 is 11.8 Å². The van der Waals surface area contributed by atoms with Gasteiger partial charge in [0.15, 0.2) is 4.75 Å². The fourth-order valence-electron chi connectivity index (χ4n) is 3.88. The molecule has 132 valence electrons. The summed E-state index contributed by atoms with van der Waals surface area (Å²) >= 11 is -0.569. The molecule has 3 aliphatic rings. The molecule has 0 radical (unpaired) electrons. The Labute approximate surface area is 127 Å². The second kappa shape index (κ2) is 4.32. The minimum Gasteiger partial charge on any atom is -0.194 e. The SMILES string of the molecule is FC(F)(F)C(F)(F)C1(C(F)(F)C(F)(F)F)S[C@H]2C3C=CC(C3)[C@H]21. The molecule has 1 heterocycles. The number of allylic oxidation sites excluding steroid dienone is 2. The first kappa shape index (κ1) is 17.2. The van der Waals surface area contributed by atoms with Gasteiger partial charge in [0.1, 0.15) is 0 Å². The Hall–Kier alpha value is -0.610. The van der Waals surface area contributed by atoms with Crippen LogP contribution < -0.4 is 0 Å². The van der Waals surface area contributed by atoms with Gasteiger partial charge in [-0.15, -0.1) is 11.8 Å². The quantitative estimate of drug-likeness (QED) is 0.481. The molecule has 0 aromatic heterocycles. The lowest BCUT2D eigenvalue weighted by Crippen LogP contribution is -2.78. The standard InChI is InChI=1S/C12H8F10S/c13-9(14,11(17,18)19)8(10(15,16)12(20,21)22)6-4-1-2-5(3-4)7(6)23-8/h1-2,4-7H,3H2/t4?,5?,6-,7+/m1/s1. The van der Waals surface area contributed by atoms with E-state index in [1.165, 1.54) is 12.2 Å². The summed E-state index contributed by atoms with van der Waals surface area (Å²) in [6, 6.07) is 0. The van der Waals surface area contributed by atoms with Crippen molar-refractivity contribution in [2.24, 2.45) is 17.8 Å². The van der Waals surface area contributed by atoms with Crippen LogP contribution in [0, 0.1) is 17.8 Å². The maximum absolute atomic E-state index is 13.9. The minimum absolute atomic E-state index is 0.0198. The highest BCUT2D eigenvalue weighted by Crippen LogP contribution is 2.77. The van der Waals surface area contributed by atoms with Crippen LogP contribution in [0.15, 0.2) is 12.2 Å². The molecule has 0 nitrogen and oxygen atoms in total. The monoisotopic (exact) mass is 374 g/mol. The predicted octanol–water partition coefficient (Wildman–Crippen LogP) is 5.06. The predicted molar refractivity (Wildman–Crippen MR) is 60.3 cm³/mol. The zero-order chi connectivity index (χ0) is 17.6. The van der Waals surface area contributed by atoms with Crippen molar-refractivity contribution in [1.29, 1.82) is 0 Å². The van der Waals surface area contributed by atoms with Gasteiger partial charge in [-0.1, -0.05) is 12.2 Å². The lowest BCUT2D eigenvalue weighted by molar-refractivity contribution is -0.371. The fraction of sp³-hybridized carbons (Fsp3) is 0.833. The Morgan fingerprint density at radius 2 is 1.17 bits per heavy atom. The van der Waals surface area contributed by atoms with E-state index in [4.69, 9.17) is 0 Å². The summed E-state index contributed by atoms with van der Waals surface area (Å²) in [6.45, 7) is 0. The molecule has 11 heteroatoms. The van der Waals surface area contributed by atoms with E-state index in [1.54, 1.807) is 0 Å². The van der Waals surface area contributed by atoms with Gasteiger partial charge in [-0.05, 0) is 18.3 Å². The Morgan fingerprint density at radius 3 is 1.57 bits per heavy atom. The van der Waals surface area contributed by atoms with E-state index in [0.717, 1.165) is 0 Å². The Kier molecular flexibility index (Phi) is 3.23. The van der Waals surface area contributed by atoms with Gasteiger partial charge in [-0.2, -0.15) is 43.9 Å². The highest BCUT2D eigenvalue weighted by atomic mass is 32.2. The second-order valence-electron chi connectivity index (χ2n) is 5.94. The van der Waals surface area contributed by atoms with Gasteiger partial charge >= 0.3 is 24.2 Å². The normalized spacial score (nSPS) is 36.1.